The van der Waals surface area contributed by atoms with Crippen LogP contribution in [-0.4, -0.2) is 13.2 Å². The fraction of sp³-hybridized carbons (Fsp3) is 0.684. The number of rotatable bonds is 4. The highest BCUT2D eigenvalue weighted by atomic mass is 16.5. The quantitative estimate of drug-likeness (QED) is 0.804. The summed E-state index contributed by atoms with van der Waals surface area (Å²) in [4.78, 5) is 0. The molecule has 0 fully saturated rings. The fourth-order valence-electron chi connectivity index (χ4n) is 4.06. The largest absolute Gasteiger partial charge is 0.497 e. The highest BCUT2D eigenvalue weighted by Crippen LogP contribution is 2.47. The normalized spacial score (nSPS) is 25.1. The van der Waals surface area contributed by atoms with Crippen LogP contribution in [0.4, 0.5) is 5.69 Å². The minimum absolute atomic E-state index is 0.215. The summed E-state index contributed by atoms with van der Waals surface area (Å²) in [6, 6.07) is 7.08. The Labute approximate surface area is 130 Å². The summed E-state index contributed by atoms with van der Waals surface area (Å²) in [5.41, 5.74) is 3.26. The van der Waals surface area contributed by atoms with E-state index in [2.05, 4.69) is 58.1 Å². The molecule has 0 bridgehead atoms. The maximum Gasteiger partial charge on any atom is 0.119 e. The van der Waals surface area contributed by atoms with Crippen molar-refractivity contribution in [2.75, 3.05) is 12.4 Å². The van der Waals surface area contributed by atoms with Gasteiger partial charge in [0.25, 0.3) is 0 Å². The molecule has 1 heterocycles. The summed E-state index contributed by atoms with van der Waals surface area (Å²) in [6.45, 7) is 11.7. The van der Waals surface area contributed by atoms with Gasteiger partial charge in [0.15, 0.2) is 0 Å². The van der Waals surface area contributed by atoms with Gasteiger partial charge in [0.1, 0.15) is 5.75 Å². The zero-order valence-corrected chi connectivity index (χ0v) is 14.5. The topological polar surface area (TPSA) is 21.3 Å². The Morgan fingerprint density at radius 1 is 1.33 bits per heavy atom. The van der Waals surface area contributed by atoms with E-state index in [9.17, 15) is 0 Å². The molecule has 0 spiro atoms. The fourth-order valence-corrected chi connectivity index (χ4v) is 4.06. The third-order valence-electron chi connectivity index (χ3n) is 4.49. The summed E-state index contributed by atoms with van der Waals surface area (Å²) < 4.78 is 5.45. The van der Waals surface area contributed by atoms with Gasteiger partial charge in [0.2, 0.25) is 0 Å². The second-order valence-electron chi connectivity index (χ2n) is 8.04. The summed E-state index contributed by atoms with van der Waals surface area (Å²) in [6.07, 6.45) is 4.88. The lowest BCUT2D eigenvalue weighted by Crippen LogP contribution is -2.40. The van der Waals surface area contributed by atoms with E-state index in [-0.39, 0.29) is 5.41 Å². The standard InChI is InChI=1S/C19H31NO/c1-7-8-14-12-19(5,13-18(2,3)4)16-11-15(21-6)9-10-17(16)20-14/h9-11,14,20H,7-8,12-13H2,1-6H3. The van der Waals surface area contributed by atoms with Crippen LogP contribution in [0.3, 0.4) is 0 Å². The molecule has 2 rings (SSSR count). The molecule has 1 aliphatic heterocycles. The zero-order chi connectivity index (χ0) is 15.7. The maximum absolute atomic E-state index is 5.45. The highest BCUT2D eigenvalue weighted by molar-refractivity contribution is 5.60. The molecule has 0 aromatic heterocycles. The molecule has 0 aliphatic carbocycles. The van der Waals surface area contributed by atoms with Crippen LogP contribution in [0.15, 0.2) is 18.2 Å². The van der Waals surface area contributed by atoms with Crippen molar-refractivity contribution in [2.45, 2.75) is 71.8 Å². The Hall–Kier alpha value is -1.18. The molecular formula is C19H31NO. The van der Waals surface area contributed by atoms with Gasteiger partial charge in [-0.15, -0.1) is 0 Å². The molecule has 1 N–H and O–H groups in total. The van der Waals surface area contributed by atoms with Crippen LogP contribution in [-0.2, 0) is 5.41 Å². The number of anilines is 1. The van der Waals surface area contributed by atoms with Crippen molar-refractivity contribution in [3.8, 4) is 5.75 Å². The average Bonchev–Trinajstić information content (AvgIpc) is 2.36. The maximum atomic E-state index is 5.45. The van der Waals surface area contributed by atoms with E-state index >= 15 is 0 Å². The molecule has 1 aliphatic rings. The van der Waals surface area contributed by atoms with Gasteiger partial charge in [0.05, 0.1) is 7.11 Å². The van der Waals surface area contributed by atoms with Crippen LogP contribution < -0.4 is 10.1 Å². The lowest BCUT2D eigenvalue weighted by Gasteiger charge is -2.44. The average molecular weight is 289 g/mol. The first kappa shape index (κ1) is 16.2. The number of methoxy groups -OCH3 is 1. The van der Waals surface area contributed by atoms with Crippen LogP contribution >= 0.6 is 0 Å². The first-order valence-electron chi connectivity index (χ1n) is 8.22. The molecule has 1 aromatic carbocycles. The van der Waals surface area contributed by atoms with E-state index in [0.717, 1.165) is 5.75 Å². The number of benzene rings is 1. The predicted molar refractivity (Wildman–Crippen MR) is 91.4 cm³/mol. The van der Waals surface area contributed by atoms with Gasteiger partial charge in [-0.3, -0.25) is 0 Å². The van der Waals surface area contributed by atoms with Crippen molar-refractivity contribution in [3.63, 3.8) is 0 Å². The van der Waals surface area contributed by atoms with Crippen molar-refractivity contribution in [3.05, 3.63) is 23.8 Å². The van der Waals surface area contributed by atoms with Crippen LogP contribution in [0, 0.1) is 5.41 Å². The van der Waals surface area contributed by atoms with Gasteiger partial charge < -0.3 is 10.1 Å². The monoisotopic (exact) mass is 289 g/mol. The second kappa shape index (κ2) is 5.90. The van der Waals surface area contributed by atoms with Crippen molar-refractivity contribution < 1.29 is 4.74 Å². The van der Waals surface area contributed by atoms with E-state index < -0.39 is 0 Å². The Morgan fingerprint density at radius 3 is 2.62 bits per heavy atom. The molecule has 0 saturated heterocycles. The van der Waals surface area contributed by atoms with E-state index in [0.29, 0.717) is 11.5 Å². The van der Waals surface area contributed by atoms with Gasteiger partial charge >= 0.3 is 0 Å². The summed E-state index contributed by atoms with van der Waals surface area (Å²) >= 11 is 0. The summed E-state index contributed by atoms with van der Waals surface area (Å²) in [5, 5.41) is 3.73. The third-order valence-corrected chi connectivity index (χ3v) is 4.49. The number of fused-ring (bicyclic) bond motifs is 1. The first-order valence-corrected chi connectivity index (χ1v) is 8.22. The van der Waals surface area contributed by atoms with Crippen LogP contribution in [0.2, 0.25) is 0 Å². The first-order chi connectivity index (χ1) is 9.77. The molecule has 21 heavy (non-hydrogen) atoms. The van der Waals surface area contributed by atoms with Crippen LogP contribution in [0.25, 0.3) is 0 Å². The number of hydrogen-bond acceptors (Lipinski definition) is 2. The molecule has 0 amide bonds. The molecule has 2 nitrogen and oxygen atoms in total. The van der Waals surface area contributed by atoms with Gasteiger partial charge in [0, 0.05) is 11.7 Å². The molecule has 118 valence electrons. The highest BCUT2D eigenvalue weighted by Gasteiger charge is 2.39. The SMILES string of the molecule is CCCC1CC(C)(CC(C)(C)C)c2cc(OC)ccc2N1. The van der Waals surface area contributed by atoms with E-state index in [1.54, 1.807) is 7.11 Å². The minimum atomic E-state index is 0.215. The van der Waals surface area contributed by atoms with Gasteiger partial charge in [-0.1, -0.05) is 41.0 Å². The molecule has 1 aromatic rings. The molecule has 2 unspecified atom stereocenters. The van der Waals surface area contributed by atoms with Crippen molar-refractivity contribution in [1.29, 1.82) is 0 Å². The van der Waals surface area contributed by atoms with Gasteiger partial charge in [-0.05, 0) is 53.9 Å². The van der Waals surface area contributed by atoms with Crippen LogP contribution in [0.1, 0.15) is 65.9 Å². The second-order valence-corrected chi connectivity index (χ2v) is 8.04. The number of nitrogens with one attached hydrogen (secondary N) is 1. The molecule has 0 saturated carbocycles. The smallest absolute Gasteiger partial charge is 0.119 e. The summed E-state index contributed by atoms with van der Waals surface area (Å²) in [5.74, 6) is 0.963. The van der Waals surface area contributed by atoms with Gasteiger partial charge in [-0.25, -0.2) is 0 Å². The van der Waals surface area contributed by atoms with Crippen molar-refractivity contribution in [1.82, 2.24) is 0 Å². The molecular weight excluding hydrogens is 258 g/mol. The Kier molecular flexibility index (Phi) is 4.55. The number of ether oxygens (including phenoxy) is 1. The Morgan fingerprint density at radius 2 is 2.05 bits per heavy atom. The predicted octanol–water partition coefficient (Wildman–Crippen LogP) is 5.37. The number of hydrogen-bond donors (Lipinski definition) is 1. The Bertz CT molecular complexity index is 489. The van der Waals surface area contributed by atoms with Gasteiger partial charge in [-0.2, -0.15) is 0 Å². The van der Waals surface area contributed by atoms with E-state index in [1.807, 2.05) is 0 Å². The minimum Gasteiger partial charge on any atom is -0.497 e. The molecule has 2 heteroatoms. The summed E-state index contributed by atoms with van der Waals surface area (Å²) in [7, 11) is 1.75. The Balaban J connectivity index is 2.42. The zero-order valence-electron chi connectivity index (χ0n) is 14.5. The third kappa shape index (κ3) is 3.72. The van der Waals surface area contributed by atoms with Crippen molar-refractivity contribution in [2.24, 2.45) is 5.41 Å². The lowest BCUT2D eigenvalue weighted by molar-refractivity contribution is 0.238. The lowest BCUT2D eigenvalue weighted by atomic mass is 9.65. The molecule has 2 atom stereocenters. The van der Waals surface area contributed by atoms with Crippen molar-refractivity contribution >= 4 is 5.69 Å². The van der Waals surface area contributed by atoms with E-state index in [1.165, 1.54) is 36.9 Å². The van der Waals surface area contributed by atoms with E-state index in [4.69, 9.17) is 4.74 Å². The van der Waals surface area contributed by atoms with Crippen LogP contribution in [0.5, 0.6) is 5.75 Å². The molecule has 0 radical (unpaired) electrons.